The topological polar surface area (TPSA) is 62.8 Å². The average molecular weight is 253 g/mol. The lowest BCUT2D eigenvalue weighted by Crippen LogP contribution is -2.11. The highest BCUT2D eigenvalue weighted by Crippen LogP contribution is 2.14. The van der Waals surface area contributed by atoms with Gasteiger partial charge >= 0.3 is 0 Å². The smallest absolute Gasteiger partial charge is 0.259 e. The van der Waals surface area contributed by atoms with Crippen LogP contribution in [0.2, 0.25) is 0 Å². The van der Waals surface area contributed by atoms with Gasteiger partial charge in [0.05, 0.1) is 10.9 Å². The molecular weight excluding hydrogens is 248 g/mol. The minimum atomic E-state index is -0.307. The molecule has 1 heterocycles. The molecule has 0 saturated carbocycles. The minimum absolute atomic E-state index is 0.0461. The fraction of sp³-hybridized carbons (Fsp3) is 0. The van der Waals surface area contributed by atoms with Gasteiger partial charge in [0.15, 0.2) is 12.1 Å². The fourth-order valence-electron chi connectivity index (χ4n) is 1.18. The Morgan fingerprint density at radius 3 is 2.93 bits per heavy atom. The van der Waals surface area contributed by atoms with Crippen molar-refractivity contribution in [2.45, 2.75) is 0 Å². The number of hydrogen-bond donors (Lipinski definition) is 1. The van der Waals surface area contributed by atoms with E-state index < -0.39 is 0 Å². The van der Waals surface area contributed by atoms with E-state index >= 15 is 0 Å². The molecule has 0 aliphatic heterocycles. The van der Waals surface area contributed by atoms with Crippen LogP contribution in [0.1, 0.15) is 10.6 Å². The second-order valence-corrected chi connectivity index (χ2v) is 3.65. The summed E-state index contributed by atoms with van der Waals surface area (Å²) in [4.78, 5) is 28.2. The lowest BCUT2D eigenvalue weighted by Gasteiger charge is -1.97. The van der Waals surface area contributed by atoms with Crippen LogP contribution in [0.4, 0.5) is 0 Å². The van der Waals surface area contributed by atoms with Crippen LogP contribution in [0.3, 0.4) is 0 Å². The molecule has 1 N–H and O–H groups in total. The quantitative estimate of drug-likeness (QED) is 0.783. The van der Waals surface area contributed by atoms with Crippen LogP contribution in [-0.4, -0.2) is 16.3 Å². The summed E-state index contributed by atoms with van der Waals surface area (Å²) in [5.74, 6) is 0.0461. The first-order valence-corrected chi connectivity index (χ1v) is 4.65. The fourth-order valence-corrected chi connectivity index (χ4v) is 1.55. The van der Waals surface area contributed by atoms with E-state index in [1.165, 1.54) is 0 Å². The molecule has 14 heavy (non-hydrogen) atoms. The van der Waals surface area contributed by atoms with Crippen LogP contribution >= 0.6 is 15.9 Å². The maximum absolute atomic E-state index is 11.4. The van der Waals surface area contributed by atoms with Gasteiger partial charge in [0, 0.05) is 4.47 Å². The molecule has 0 unspecified atom stereocenters. The second kappa shape index (κ2) is 3.34. The van der Waals surface area contributed by atoms with Gasteiger partial charge in [-0.05, 0) is 18.2 Å². The van der Waals surface area contributed by atoms with Gasteiger partial charge in [0.1, 0.15) is 0 Å². The molecular formula is C9H5BrN2O2. The van der Waals surface area contributed by atoms with Crippen molar-refractivity contribution in [2.24, 2.45) is 0 Å². The molecule has 1 aromatic heterocycles. The summed E-state index contributed by atoms with van der Waals surface area (Å²) in [6, 6.07) is 5.11. The van der Waals surface area contributed by atoms with Crippen molar-refractivity contribution in [2.75, 3.05) is 0 Å². The lowest BCUT2D eigenvalue weighted by atomic mass is 10.2. The third kappa shape index (κ3) is 1.46. The Morgan fingerprint density at radius 1 is 1.43 bits per heavy atom. The van der Waals surface area contributed by atoms with Crippen molar-refractivity contribution in [1.82, 2.24) is 9.97 Å². The lowest BCUT2D eigenvalue weighted by molar-refractivity contribution is 0.111. The highest BCUT2D eigenvalue weighted by Gasteiger charge is 2.02. The third-order valence-corrected chi connectivity index (χ3v) is 2.29. The number of nitrogens with zero attached hydrogens (tertiary/aromatic N) is 1. The highest BCUT2D eigenvalue weighted by atomic mass is 79.9. The minimum Gasteiger partial charge on any atom is -0.304 e. The number of nitrogens with one attached hydrogen (secondary N) is 1. The number of halogens is 1. The molecule has 0 atom stereocenters. The van der Waals surface area contributed by atoms with Crippen molar-refractivity contribution in [3.8, 4) is 0 Å². The number of H-pyrrole nitrogens is 1. The van der Waals surface area contributed by atoms with E-state index in [0.29, 0.717) is 17.2 Å². The zero-order valence-corrected chi connectivity index (χ0v) is 8.54. The van der Waals surface area contributed by atoms with Crippen molar-refractivity contribution in [1.29, 1.82) is 0 Å². The monoisotopic (exact) mass is 252 g/mol. The second-order valence-electron chi connectivity index (χ2n) is 2.73. The van der Waals surface area contributed by atoms with Crippen LogP contribution in [0.15, 0.2) is 27.5 Å². The zero-order chi connectivity index (χ0) is 10.1. The molecule has 0 amide bonds. The standard InChI is InChI=1S/C9H5BrN2O2/c10-5-1-2-7-6(3-5)9(14)12-8(4-13)11-7/h1-4H,(H,11,12,14). The number of hydrogen-bond acceptors (Lipinski definition) is 3. The highest BCUT2D eigenvalue weighted by molar-refractivity contribution is 9.10. The van der Waals surface area contributed by atoms with E-state index in [2.05, 4.69) is 25.9 Å². The molecule has 0 saturated heterocycles. The predicted octanol–water partition coefficient (Wildman–Crippen LogP) is 1.50. The normalized spacial score (nSPS) is 10.4. The van der Waals surface area contributed by atoms with E-state index in [1.807, 2.05) is 0 Å². The summed E-state index contributed by atoms with van der Waals surface area (Å²) in [6.45, 7) is 0. The van der Waals surface area contributed by atoms with E-state index in [9.17, 15) is 9.59 Å². The molecule has 0 aliphatic rings. The van der Waals surface area contributed by atoms with Gasteiger partial charge in [0.2, 0.25) is 0 Å². The third-order valence-electron chi connectivity index (χ3n) is 1.80. The molecule has 2 aromatic rings. The van der Waals surface area contributed by atoms with Gasteiger partial charge in [-0.1, -0.05) is 15.9 Å². The van der Waals surface area contributed by atoms with Gasteiger partial charge in [-0.25, -0.2) is 4.98 Å². The number of carbonyl (C=O) groups excluding carboxylic acids is 1. The number of carbonyl (C=O) groups is 1. The molecule has 2 rings (SSSR count). The first-order chi connectivity index (χ1) is 6.70. The van der Waals surface area contributed by atoms with Gasteiger partial charge in [-0.15, -0.1) is 0 Å². The Bertz CT molecular complexity index is 562. The van der Waals surface area contributed by atoms with Crippen LogP contribution in [0.25, 0.3) is 10.9 Å². The number of aldehydes is 1. The summed E-state index contributed by atoms with van der Waals surface area (Å²) >= 11 is 3.25. The molecule has 5 heteroatoms. The summed E-state index contributed by atoms with van der Waals surface area (Å²) in [5, 5.41) is 0.463. The van der Waals surface area contributed by atoms with Gasteiger partial charge < -0.3 is 4.98 Å². The van der Waals surface area contributed by atoms with Crippen molar-refractivity contribution in [3.05, 3.63) is 38.9 Å². The van der Waals surface area contributed by atoms with Crippen LogP contribution < -0.4 is 5.56 Å². The van der Waals surface area contributed by atoms with E-state index in [4.69, 9.17) is 0 Å². The van der Waals surface area contributed by atoms with Crippen LogP contribution in [0.5, 0.6) is 0 Å². The summed E-state index contributed by atoms with van der Waals surface area (Å²) in [6.07, 6.45) is 0.517. The number of rotatable bonds is 1. The van der Waals surface area contributed by atoms with Gasteiger partial charge in [0.25, 0.3) is 5.56 Å². The Kier molecular flexibility index (Phi) is 2.17. The van der Waals surface area contributed by atoms with Crippen molar-refractivity contribution in [3.63, 3.8) is 0 Å². The molecule has 1 aromatic carbocycles. The molecule has 0 spiro atoms. The Morgan fingerprint density at radius 2 is 2.21 bits per heavy atom. The Labute approximate surface area is 87.1 Å². The average Bonchev–Trinajstić information content (AvgIpc) is 2.19. The SMILES string of the molecule is O=Cc1nc2ccc(Br)cc2c(=O)[nH]1. The number of aromatic nitrogens is 2. The zero-order valence-electron chi connectivity index (χ0n) is 6.95. The van der Waals surface area contributed by atoms with Gasteiger partial charge in [-0.3, -0.25) is 9.59 Å². The number of fused-ring (bicyclic) bond motifs is 1. The number of benzene rings is 1. The van der Waals surface area contributed by atoms with Crippen molar-refractivity contribution >= 4 is 33.1 Å². The predicted molar refractivity (Wildman–Crippen MR) is 55.5 cm³/mol. The molecule has 70 valence electrons. The van der Waals surface area contributed by atoms with Crippen molar-refractivity contribution < 1.29 is 4.79 Å². The Hall–Kier alpha value is -1.49. The van der Waals surface area contributed by atoms with E-state index in [1.54, 1.807) is 18.2 Å². The molecule has 4 nitrogen and oxygen atoms in total. The number of aromatic amines is 1. The first kappa shape index (κ1) is 9.08. The van der Waals surface area contributed by atoms with Gasteiger partial charge in [-0.2, -0.15) is 0 Å². The van der Waals surface area contributed by atoms with E-state index in [0.717, 1.165) is 4.47 Å². The first-order valence-electron chi connectivity index (χ1n) is 3.85. The molecule has 0 aliphatic carbocycles. The van der Waals surface area contributed by atoms with Crippen LogP contribution in [-0.2, 0) is 0 Å². The van der Waals surface area contributed by atoms with Crippen LogP contribution in [0, 0.1) is 0 Å². The molecule has 0 fully saturated rings. The maximum atomic E-state index is 11.4. The summed E-state index contributed by atoms with van der Waals surface area (Å²) < 4.78 is 0.802. The van der Waals surface area contributed by atoms with E-state index in [-0.39, 0.29) is 11.4 Å². The summed E-state index contributed by atoms with van der Waals surface area (Å²) in [7, 11) is 0. The largest absolute Gasteiger partial charge is 0.304 e. The Balaban J connectivity index is 2.90. The molecule has 0 radical (unpaired) electrons. The summed E-state index contributed by atoms with van der Waals surface area (Å²) in [5.41, 5.74) is 0.206. The molecule has 0 bridgehead atoms. The maximum Gasteiger partial charge on any atom is 0.259 e.